The standard InChI is InChI=1S/C6H15P.2C5H5.Mo/c1-4-7(5-2)6-3;2*1-2-4-5-3-1;/h4-6H2,1-3H3;2*1-5H;. The molecule has 100 valence electrons. The molecule has 0 aromatic carbocycles. The van der Waals surface area contributed by atoms with Gasteiger partial charge >= 0.3 is 0 Å². The Morgan fingerprint density at radius 2 is 0.833 bits per heavy atom. The van der Waals surface area contributed by atoms with Crippen molar-refractivity contribution in [2.24, 2.45) is 0 Å². The van der Waals surface area contributed by atoms with Crippen LogP contribution in [0.3, 0.4) is 0 Å². The Hall–Kier alpha value is 0.0783. The second-order valence-electron chi connectivity index (χ2n) is 3.54. The van der Waals surface area contributed by atoms with Crippen molar-refractivity contribution in [1.29, 1.82) is 0 Å². The topological polar surface area (TPSA) is 0 Å². The Morgan fingerprint density at radius 1 is 0.556 bits per heavy atom. The third-order valence-electron chi connectivity index (χ3n) is 2.45. The zero-order chi connectivity index (χ0) is 12.8. The molecule has 0 saturated carbocycles. The largest absolute Gasteiger partial charge is 0.108 e. The monoisotopic (exact) mass is 346 g/mol. The fourth-order valence-corrected chi connectivity index (χ4v) is 2.65. The minimum atomic E-state index is 0. The van der Waals surface area contributed by atoms with Gasteiger partial charge in [-0.25, -0.2) is 0 Å². The molecule has 0 spiro atoms. The van der Waals surface area contributed by atoms with Crippen LogP contribution in [0.4, 0.5) is 0 Å². The molecule has 0 heterocycles. The molecule has 0 fully saturated rings. The Morgan fingerprint density at radius 3 is 0.889 bits per heavy atom. The first kappa shape index (κ1) is 20.4. The van der Waals surface area contributed by atoms with Gasteiger partial charge in [0.25, 0.3) is 0 Å². The molecule has 2 heteroatoms. The fourth-order valence-electron chi connectivity index (χ4n) is 1.31. The van der Waals surface area contributed by atoms with E-state index in [9.17, 15) is 0 Å². The summed E-state index contributed by atoms with van der Waals surface area (Å²) in [5.74, 6) is 0. The van der Waals surface area contributed by atoms with Crippen LogP contribution >= 0.6 is 7.92 Å². The van der Waals surface area contributed by atoms with Gasteiger partial charge in [0.05, 0.1) is 0 Å². The van der Waals surface area contributed by atoms with Gasteiger partial charge < -0.3 is 0 Å². The first-order valence-corrected chi connectivity index (χ1v) is 8.30. The molecule has 0 nitrogen and oxygen atoms in total. The average Bonchev–Trinajstić information content (AvgIpc) is 3.10. The molecular weight excluding hydrogens is 319 g/mol. The van der Waals surface area contributed by atoms with Crippen LogP contribution in [0.2, 0.25) is 0 Å². The summed E-state index contributed by atoms with van der Waals surface area (Å²) in [5, 5.41) is 0. The SMILES string of the molecule is CCP(CC)CC.[CH]1C=CC=C1.[CH]1C=CC=C1.[Mo]. The Balaban J connectivity index is 0. The van der Waals surface area contributed by atoms with Crippen molar-refractivity contribution in [3.05, 3.63) is 61.4 Å². The van der Waals surface area contributed by atoms with Crippen molar-refractivity contribution in [3.63, 3.8) is 0 Å². The third-order valence-corrected chi connectivity index (χ3v) is 5.14. The molecule has 0 bridgehead atoms. The molecule has 2 aliphatic rings. The van der Waals surface area contributed by atoms with Crippen LogP contribution in [0.15, 0.2) is 48.6 Å². The van der Waals surface area contributed by atoms with Gasteiger partial charge in [0.15, 0.2) is 0 Å². The normalized spacial score (nSPS) is 13.8. The Labute approximate surface area is 129 Å². The van der Waals surface area contributed by atoms with E-state index in [0.717, 1.165) is 0 Å². The molecule has 0 unspecified atom stereocenters. The second kappa shape index (κ2) is 17.1. The van der Waals surface area contributed by atoms with Crippen LogP contribution < -0.4 is 0 Å². The first-order chi connectivity index (χ1) is 8.35. The predicted octanol–water partition coefficient (Wildman–Crippen LogP) is 5.16. The predicted molar refractivity (Wildman–Crippen MR) is 83.7 cm³/mol. The van der Waals surface area contributed by atoms with Gasteiger partial charge in [-0.3, -0.25) is 0 Å². The number of rotatable bonds is 3. The van der Waals surface area contributed by atoms with Crippen LogP contribution in [0.25, 0.3) is 0 Å². The zero-order valence-corrected chi connectivity index (χ0v) is 14.7. The molecule has 0 amide bonds. The first-order valence-electron chi connectivity index (χ1n) is 6.40. The van der Waals surface area contributed by atoms with E-state index >= 15 is 0 Å². The van der Waals surface area contributed by atoms with E-state index in [2.05, 4.69) is 20.8 Å². The van der Waals surface area contributed by atoms with Crippen molar-refractivity contribution in [2.75, 3.05) is 18.5 Å². The number of allylic oxidation sites excluding steroid dienone is 8. The van der Waals surface area contributed by atoms with Crippen molar-refractivity contribution in [3.8, 4) is 0 Å². The van der Waals surface area contributed by atoms with Crippen LogP contribution in [0.1, 0.15) is 20.8 Å². The van der Waals surface area contributed by atoms with Crippen LogP contribution in [-0.4, -0.2) is 18.5 Å². The van der Waals surface area contributed by atoms with Crippen LogP contribution in [0.5, 0.6) is 0 Å². The summed E-state index contributed by atoms with van der Waals surface area (Å²) in [6, 6.07) is 0. The quantitative estimate of drug-likeness (QED) is 0.490. The van der Waals surface area contributed by atoms with E-state index < -0.39 is 0 Å². The second-order valence-corrected chi connectivity index (χ2v) is 6.78. The zero-order valence-electron chi connectivity index (χ0n) is 11.8. The summed E-state index contributed by atoms with van der Waals surface area (Å²) < 4.78 is 0. The number of hydrogen-bond donors (Lipinski definition) is 0. The summed E-state index contributed by atoms with van der Waals surface area (Å²) in [4.78, 5) is 0. The Bertz CT molecular complexity index is 213. The Kier molecular flexibility index (Phi) is 19.4. The van der Waals surface area contributed by atoms with Crippen LogP contribution in [-0.2, 0) is 21.1 Å². The average molecular weight is 344 g/mol. The molecule has 0 aromatic heterocycles. The van der Waals surface area contributed by atoms with Gasteiger partial charge in [-0.15, -0.1) is 7.92 Å². The molecule has 2 aliphatic carbocycles. The van der Waals surface area contributed by atoms with Crippen molar-refractivity contribution < 1.29 is 21.1 Å². The smallest absolute Gasteiger partial charge is 0.00506 e. The summed E-state index contributed by atoms with van der Waals surface area (Å²) in [6.07, 6.45) is 24.3. The van der Waals surface area contributed by atoms with Crippen molar-refractivity contribution in [1.82, 2.24) is 0 Å². The minimum absolute atomic E-state index is 0. The van der Waals surface area contributed by atoms with E-state index in [0.29, 0.717) is 7.92 Å². The number of hydrogen-bond acceptors (Lipinski definition) is 0. The van der Waals surface area contributed by atoms with Gasteiger partial charge in [0.2, 0.25) is 0 Å². The van der Waals surface area contributed by atoms with E-state index in [4.69, 9.17) is 0 Å². The van der Waals surface area contributed by atoms with Gasteiger partial charge in [-0.1, -0.05) is 69.4 Å². The molecule has 0 saturated heterocycles. The molecule has 0 N–H and O–H groups in total. The maximum atomic E-state index is 2.29. The van der Waals surface area contributed by atoms with E-state index in [1.807, 2.05) is 61.4 Å². The van der Waals surface area contributed by atoms with Gasteiger partial charge in [-0.2, -0.15) is 0 Å². The van der Waals surface area contributed by atoms with E-state index in [-0.39, 0.29) is 21.1 Å². The molecule has 0 aliphatic heterocycles. The van der Waals surface area contributed by atoms with Crippen LogP contribution in [0, 0.1) is 12.8 Å². The summed E-state index contributed by atoms with van der Waals surface area (Å²) in [6.45, 7) is 6.87. The summed E-state index contributed by atoms with van der Waals surface area (Å²) in [7, 11) is 0.446. The molecule has 2 rings (SSSR count). The van der Waals surface area contributed by atoms with Gasteiger partial charge in [0.1, 0.15) is 0 Å². The minimum Gasteiger partial charge on any atom is -0.108 e. The third kappa shape index (κ3) is 14.1. The molecule has 18 heavy (non-hydrogen) atoms. The maximum Gasteiger partial charge on any atom is 0.00506 e. The molecular formula is C16H25MoP. The summed E-state index contributed by atoms with van der Waals surface area (Å²) in [5.41, 5.74) is 0. The van der Waals surface area contributed by atoms with E-state index in [1.54, 1.807) is 0 Å². The van der Waals surface area contributed by atoms with E-state index in [1.165, 1.54) is 18.5 Å². The van der Waals surface area contributed by atoms with Gasteiger partial charge in [-0.05, 0) is 18.5 Å². The van der Waals surface area contributed by atoms with Crippen molar-refractivity contribution >= 4 is 7.92 Å². The molecule has 2 radical (unpaired) electrons. The maximum absolute atomic E-state index is 2.29. The van der Waals surface area contributed by atoms with Crippen molar-refractivity contribution in [2.45, 2.75) is 20.8 Å². The van der Waals surface area contributed by atoms with Gasteiger partial charge in [0, 0.05) is 33.9 Å². The summed E-state index contributed by atoms with van der Waals surface area (Å²) >= 11 is 0. The fraction of sp³-hybridized carbons (Fsp3) is 0.375. The molecule has 0 atom stereocenters. The molecule has 0 aromatic rings.